The van der Waals surface area contributed by atoms with Crippen molar-refractivity contribution in [3.8, 4) is 0 Å². The van der Waals surface area contributed by atoms with Crippen molar-refractivity contribution < 1.29 is 18.0 Å². The largest absolute Gasteiger partial charge is 0.434 e. The van der Waals surface area contributed by atoms with Gasteiger partial charge >= 0.3 is 6.18 Å². The van der Waals surface area contributed by atoms with E-state index < -0.39 is 17.1 Å². The average Bonchev–Trinajstić information content (AvgIpc) is 2.01. The molecule has 76 valence electrons. The van der Waals surface area contributed by atoms with Gasteiger partial charge in [0.2, 0.25) is 0 Å². The summed E-state index contributed by atoms with van der Waals surface area (Å²) in [5.41, 5.74) is -1.28. The molecule has 0 bridgehead atoms. The molecule has 14 heavy (non-hydrogen) atoms. The fourth-order valence-electron chi connectivity index (χ4n) is 0.793. The lowest BCUT2D eigenvalue weighted by Gasteiger charge is -2.08. The summed E-state index contributed by atoms with van der Waals surface area (Å²) in [6.07, 6.45) is -3.67. The summed E-state index contributed by atoms with van der Waals surface area (Å²) in [5.74, 6) is 0. The number of carbonyl (C=O) groups is 1. The number of hydrogen-bond acceptors (Lipinski definition) is 2. The minimum atomic E-state index is -4.57. The molecule has 0 saturated carbocycles. The molecule has 0 radical (unpaired) electrons. The Morgan fingerprint density at radius 1 is 1.50 bits per heavy atom. The first-order chi connectivity index (χ1) is 6.34. The Balaban J connectivity index is 3.35. The lowest BCUT2D eigenvalue weighted by atomic mass is 10.2. The van der Waals surface area contributed by atoms with Crippen molar-refractivity contribution in [1.29, 1.82) is 0 Å². The fraction of sp³-hybridized carbons (Fsp3) is 0.143. The Hall–Kier alpha value is -0.370. The number of hydrogen-bond donors (Lipinski definition) is 0. The number of carbonyl (C=O) groups excluding carboxylic acids is 1. The number of rotatable bonds is 1. The Kier molecular flexibility index (Phi) is 3.36. The molecule has 0 aliphatic heterocycles. The van der Waals surface area contributed by atoms with E-state index in [1.54, 1.807) is 0 Å². The van der Waals surface area contributed by atoms with E-state index in [0.29, 0.717) is 0 Å². The Morgan fingerprint density at radius 3 is 2.50 bits per heavy atom. The molecule has 0 aliphatic rings. The zero-order valence-corrected chi connectivity index (χ0v) is 9.31. The van der Waals surface area contributed by atoms with Crippen molar-refractivity contribution in [2.45, 2.75) is 6.18 Å². The highest BCUT2D eigenvalue weighted by atomic mass is 127. The van der Waals surface area contributed by atoms with Crippen molar-refractivity contribution >= 4 is 39.4 Å². The Bertz CT molecular complexity index is 380. The molecule has 0 atom stereocenters. The smallest absolute Gasteiger partial charge is 0.276 e. The third kappa shape index (κ3) is 2.35. The number of pyridine rings is 1. The van der Waals surface area contributed by atoms with E-state index in [1.165, 1.54) is 22.6 Å². The van der Waals surface area contributed by atoms with Gasteiger partial charge in [-0.15, -0.1) is 0 Å². The van der Waals surface area contributed by atoms with Crippen LogP contribution in [0.5, 0.6) is 0 Å². The van der Waals surface area contributed by atoms with Crippen molar-refractivity contribution in [1.82, 2.24) is 4.98 Å². The van der Waals surface area contributed by atoms with Gasteiger partial charge in [0.15, 0.2) is 5.69 Å². The van der Waals surface area contributed by atoms with Crippen LogP contribution >= 0.6 is 34.2 Å². The molecule has 0 spiro atoms. The number of alkyl halides is 3. The molecule has 1 aromatic heterocycles. The van der Waals surface area contributed by atoms with Gasteiger partial charge in [-0.2, -0.15) is 13.2 Å². The van der Waals surface area contributed by atoms with Crippen LogP contribution in [0.4, 0.5) is 13.2 Å². The summed E-state index contributed by atoms with van der Waals surface area (Å²) in [6.45, 7) is 0. The van der Waals surface area contributed by atoms with Crippen LogP contribution in [0.3, 0.4) is 0 Å². The highest BCUT2D eigenvalue weighted by Gasteiger charge is 2.36. The number of aromatic nitrogens is 1. The molecular weight excluding hydrogens is 333 g/mol. The summed E-state index contributed by atoms with van der Waals surface area (Å²) < 4.78 is 36.5. The molecule has 1 rings (SSSR count). The molecule has 1 aromatic rings. The molecule has 0 unspecified atom stereocenters. The standard InChI is InChI=1S/C7H2ClF3INO/c8-6(14)3-1-2-13-5(4(3)12)7(9,10)11/h1-2H. The second-order valence-corrected chi connectivity index (χ2v) is 3.71. The third-order valence-corrected chi connectivity index (χ3v) is 2.67. The van der Waals surface area contributed by atoms with Gasteiger partial charge in [0.05, 0.1) is 9.13 Å². The van der Waals surface area contributed by atoms with Crippen molar-refractivity contribution in [3.05, 3.63) is 27.1 Å². The van der Waals surface area contributed by atoms with Gasteiger partial charge in [-0.05, 0) is 40.3 Å². The zero-order valence-electron chi connectivity index (χ0n) is 6.40. The Labute approximate surface area is 95.6 Å². The maximum absolute atomic E-state index is 12.3. The minimum absolute atomic E-state index is 0.186. The molecule has 7 heteroatoms. The second kappa shape index (κ2) is 4.01. The molecule has 0 aromatic carbocycles. The first-order valence-corrected chi connectivity index (χ1v) is 4.71. The van der Waals surface area contributed by atoms with Crippen LogP contribution in [0.2, 0.25) is 0 Å². The van der Waals surface area contributed by atoms with Crippen LogP contribution in [0.1, 0.15) is 16.1 Å². The average molecular weight is 335 g/mol. The van der Waals surface area contributed by atoms with Crippen molar-refractivity contribution in [2.75, 3.05) is 0 Å². The van der Waals surface area contributed by atoms with Crippen LogP contribution in [-0.2, 0) is 6.18 Å². The van der Waals surface area contributed by atoms with Crippen LogP contribution in [0.25, 0.3) is 0 Å². The minimum Gasteiger partial charge on any atom is -0.276 e. The fourth-order valence-corrected chi connectivity index (χ4v) is 1.98. The van der Waals surface area contributed by atoms with E-state index in [4.69, 9.17) is 11.6 Å². The molecular formula is C7H2ClF3INO. The van der Waals surface area contributed by atoms with Gasteiger partial charge < -0.3 is 0 Å². The van der Waals surface area contributed by atoms with Crippen molar-refractivity contribution in [2.24, 2.45) is 0 Å². The van der Waals surface area contributed by atoms with Crippen LogP contribution < -0.4 is 0 Å². The summed E-state index contributed by atoms with van der Waals surface area (Å²) in [6, 6.07) is 1.15. The van der Waals surface area contributed by atoms with Crippen LogP contribution in [-0.4, -0.2) is 10.2 Å². The molecule has 0 saturated heterocycles. The van der Waals surface area contributed by atoms with Gasteiger partial charge in [0.1, 0.15) is 0 Å². The molecule has 0 N–H and O–H groups in total. The number of halogens is 5. The molecule has 1 heterocycles. The maximum atomic E-state index is 12.3. The predicted molar refractivity (Wildman–Crippen MR) is 52.1 cm³/mol. The highest BCUT2D eigenvalue weighted by Crippen LogP contribution is 2.32. The predicted octanol–water partition coefficient (Wildman–Crippen LogP) is 3.08. The van der Waals surface area contributed by atoms with Crippen LogP contribution in [0, 0.1) is 3.57 Å². The summed E-state index contributed by atoms with van der Waals surface area (Å²) in [7, 11) is 0. The normalized spacial score (nSPS) is 11.5. The topological polar surface area (TPSA) is 30.0 Å². The van der Waals surface area contributed by atoms with E-state index in [0.717, 1.165) is 12.3 Å². The molecule has 0 amide bonds. The monoisotopic (exact) mass is 335 g/mol. The third-order valence-electron chi connectivity index (χ3n) is 1.37. The molecule has 2 nitrogen and oxygen atoms in total. The van der Waals surface area contributed by atoms with E-state index in [-0.39, 0.29) is 9.13 Å². The lowest BCUT2D eigenvalue weighted by molar-refractivity contribution is -0.141. The summed E-state index contributed by atoms with van der Waals surface area (Å²) >= 11 is 6.49. The summed E-state index contributed by atoms with van der Waals surface area (Å²) in [5, 5.41) is -0.928. The maximum Gasteiger partial charge on any atom is 0.434 e. The zero-order chi connectivity index (χ0) is 10.9. The molecule has 0 fully saturated rings. The quantitative estimate of drug-likeness (QED) is 0.583. The van der Waals surface area contributed by atoms with Gasteiger partial charge in [-0.3, -0.25) is 9.78 Å². The van der Waals surface area contributed by atoms with E-state index in [1.807, 2.05) is 0 Å². The van der Waals surface area contributed by atoms with Gasteiger partial charge in [0.25, 0.3) is 5.24 Å². The number of nitrogens with zero attached hydrogens (tertiary/aromatic N) is 1. The summed E-state index contributed by atoms with van der Waals surface area (Å²) in [4.78, 5) is 13.9. The van der Waals surface area contributed by atoms with Gasteiger partial charge in [-0.25, -0.2) is 0 Å². The molecule has 0 aliphatic carbocycles. The Morgan fingerprint density at radius 2 is 2.07 bits per heavy atom. The van der Waals surface area contributed by atoms with Crippen LogP contribution in [0.15, 0.2) is 12.3 Å². The van der Waals surface area contributed by atoms with Gasteiger partial charge in [0, 0.05) is 6.20 Å². The van der Waals surface area contributed by atoms with E-state index >= 15 is 0 Å². The highest BCUT2D eigenvalue weighted by molar-refractivity contribution is 14.1. The lowest BCUT2D eigenvalue weighted by Crippen LogP contribution is -2.12. The van der Waals surface area contributed by atoms with E-state index in [2.05, 4.69) is 4.98 Å². The first kappa shape index (κ1) is 11.7. The van der Waals surface area contributed by atoms with E-state index in [9.17, 15) is 18.0 Å². The first-order valence-electron chi connectivity index (χ1n) is 3.25. The second-order valence-electron chi connectivity index (χ2n) is 2.29. The van der Waals surface area contributed by atoms with Gasteiger partial charge in [-0.1, -0.05) is 0 Å². The van der Waals surface area contributed by atoms with Crippen molar-refractivity contribution in [3.63, 3.8) is 0 Å². The SMILES string of the molecule is O=C(Cl)c1ccnc(C(F)(F)F)c1I.